The Morgan fingerprint density at radius 2 is 1.38 bits per heavy atom. The zero-order valence-electron chi connectivity index (χ0n) is 5.85. The van der Waals surface area contributed by atoms with Gasteiger partial charge in [-0.05, 0) is 12.8 Å². The first kappa shape index (κ1) is 10.8. The largest absolute Gasteiger partial charge is 0.870 e. The Kier molecular flexibility index (Phi) is 13.6. The maximum Gasteiger partial charge on any atom is 0.0752 e. The van der Waals surface area contributed by atoms with Gasteiger partial charge in [0.1, 0.15) is 0 Å². The van der Waals surface area contributed by atoms with Crippen molar-refractivity contribution in [1.29, 1.82) is 0 Å². The normalized spacial score (nSPS) is 8.25. The molecule has 0 aliphatic rings. The molecule has 2 heteroatoms. The minimum atomic E-state index is 0. The Morgan fingerprint density at radius 1 is 1.00 bits per heavy atom. The van der Waals surface area contributed by atoms with Crippen molar-refractivity contribution in [2.24, 2.45) is 0 Å². The van der Waals surface area contributed by atoms with E-state index in [0.717, 1.165) is 0 Å². The monoisotopic (exact) mass is 119 g/mol. The van der Waals surface area contributed by atoms with E-state index >= 15 is 0 Å². The molecule has 0 radical (unpaired) electrons. The van der Waals surface area contributed by atoms with Gasteiger partial charge in [-0.3, -0.25) is 0 Å². The second-order valence-corrected chi connectivity index (χ2v) is 1.87. The molecule has 0 spiro atoms. The van der Waals surface area contributed by atoms with Gasteiger partial charge in [-0.25, -0.2) is 0 Å². The standard InChI is InChI=1S/C6H15N.H2O/c1-3-5-7-6-4-2;/h7H,3-6H2,1-2H3;1H2. The SMILES string of the molecule is CCC[NH2+]CCC.[OH-]. The lowest BCUT2D eigenvalue weighted by atomic mass is 10.4. The van der Waals surface area contributed by atoms with E-state index < -0.39 is 0 Å². The molecule has 0 bridgehead atoms. The Hall–Kier alpha value is -0.0800. The lowest BCUT2D eigenvalue weighted by molar-refractivity contribution is -0.654. The van der Waals surface area contributed by atoms with Crippen molar-refractivity contribution in [1.82, 2.24) is 0 Å². The molecule has 0 aromatic heterocycles. The first-order valence-corrected chi connectivity index (χ1v) is 3.23. The van der Waals surface area contributed by atoms with Crippen molar-refractivity contribution in [2.45, 2.75) is 26.7 Å². The number of quaternary nitrogens is 1. The molecule has 0 fully saturated rings. The van der Waals surface area contributed by atoms with Gasteiger partial charge in [0.25, 0.3) is 0 Å². The molecule has 0 aromatic rings. The third kappa shape index (κ3) is 9.33. The van der Waals surface area contributed by atoms with Crippen LogP contribution in [0.3, 0.4) is 0 Å². The van der Waals surface area contributed by atoms with Crippen LogP contribution in [0.1, 0.15) is 26.7 Å². The lowest BCUT2D eigenvalue weighted by Gasteiger charge is -1.92. The number of nitrogens with two attached hydrogens (primary N) is 1. The van der Waals surface area contributed by atoms with Crippen LogP contribution >= 0.6 is 0 Å². The molecule has 0 atom stereocenters. The maximum atomic E-state index is 2.36. The minimum absolute atomic E-state index is 0. The highest BCUT2D eigenvalue weighted by atomic mass is 16.0. The molecule has 0 unspecified atom stereocenters. The topological polar surface area (TPSA) is 46.6 Å². The number of hydrogen-bond acceptors (Lipinski definition) is 1. The second kappa shape index (κ2) is 10.0. The average Bonchev–Trinajstić information content (AvgIpc) is 1.69. The molecule has 0 aromatic carbocycles. The molecule has 0 aliphatic carbocycles. The summed E-state index contributed by atoms with van der Waals surface area (Å²) in [5.74, 6) is 0. The molecular formula is C6H17NO. The van der Waals surface area contributed by atoms with Crippen LogP contribution in [0.15, 0.2) is 0 Å². The summed E-state index contributed by atoms with van der Waals surface area (Å²) in [5, 5.41) is 2.36. The van der Waals surface area contributed by atoms with Gasteiger partial charge in [0, 0.05) is 0 Å². The van der Waals surface area contributed by atoms with Crippen molar-refractivity contribution < 1.29 is 10.8 Å². The van der Waals surface area contributed by atoms with Crippen molar-refractivity contribution in [3.63, 3.8) is 0 Å². The van der Waals surface area contributed by atoms with E-state index in [1.165, 1.54) is 25.9 Å². The Labute approximate surface area is 51.6 Å². The summed E-state index contributed by atoms with van der Waals surface area (Å²) < 4.78 is 0. The highest BCUT2D eigenvalue weighted by Crippen LogP contribution is 1.62. The van der Waals surface area contributed by atoms with Crippen LogP contribution < -0.4 is 5.32 Å². The van der Waals surface area contributed by atoms with Crippen LogP contribution in [0.5, 0.6) is 0 Å². The smallest absolute Gasteiger partial charge is 0.0752 e. The van der Waals surface area contributed by atoms with Gasteiger partial charge in [0.05, 0.1) is 13.1 Å². The van der Waals surface area contributed by atoms with Gasteiger partial charge >= 0.3 is 0 Å². The summed E-state index contributed by atoms with van der Waals surface area (Å²) in [6, 6.07) is 0. The van der Waals surface area contributed by atoms with Crippen LogP contribution in [-0.4, -0.2) is 18.6 Å². The molecule has 3 N–H and O–H groups in total. The van der Waals surface area contributed by atoms with Crippen LogP contribution in [-0.2, 0) is 0 Å². The molecule has 52 valence electrons. The molecule has 0 aliphatic heterocycles. The first-order chi connectivity index (χ1) is 3.41. The summed E-state index contributed by atoms with van der Waals surface area (Å²) in [4.78, 5) is 0. The zero-order chi connectivity index (χ0) is 5.54. The highest BCUT2D eigenvalue weighted by molar-refractivity contribution is 4.17. The summed E-state index contributed by atoms with van der Waals surface area (Å²) in [5.41, 5.74) is 0. The molecule has 0 saturated carbocycles. The van der Waals surface area contributed by atoms with Crippen LogP contribution in [0.2, 0.25) is 0 Å². The van der Waals surface area contributed by atoms with E-state index in [-0.39, 0.29) is 5.48 Å². The predicted molar refractivity (Wildman–Crippen MR) is 34.2 cm³/mol. The highest BCUT2D eigenvalue weighted by Gasteiger charge is 1.80. The Balaban J connectivity index is 0. The van der Waals surface area contributed by atoms with Gasteiger partial charge in [-0.2, -0.15) is 0 Å². The van der Waals surface area contributed by atoms with Crippen LogP contribution in [0, 0.1) is 0 Å². The third-order valence-electron chi connectivity index (χ3n) is 0.986. The fraction of sp³-hybridized carbons (Fsp3) is 1.00. The van der Waals surface area contributed by atoms with Gasteiger partial charge in [-0.1, -0.05) is 13.8 Å². The fourth-order valence-corrected chi connectivity index (χ4v) is 0.553. The maximum absolute atomic E-state index is 2.36. The van der Waals surface area contributed by atoms with E-state index in [2.05, 4.69) is 19.2 Å². The quantitative estimate of drug-likeness (QED) is 0.528. The first-order valence-electron chi connectivity index (χ1n) is 3.23. The van der Waals surface area contributed by atoms with Gasteiger partial charge in [-0.15, -0.1) is 0 Å². The second-order valence-electron chi connectivity index (χ2n) is 1.87. The molecule has 0 saturated heterocycles. The van der Waals surface area contributed by atoms with Gasteiger partial charge in [0.2, 0.25) is 0 Å². The predicted octanol–water partition coefficient (Wildman–Crippen LogP) is 0.193. The van der Waals surface area contributed by atoms with E-state index in [1.807, 2.05) is 0 Å². The lowest BCUT2D eigenvalue weighted by Crippen LogP contribution is -2.84. The van der Waals surface area contributed by atoms with Gasteiger partial charge < -0.3 is 10.8 Å². The number of rotatable bonds is 4. The van der Waals surface area contributed by atoms with E-state index in [0.29, 0.717) is 0 Å². The summed E-state index contributed by atoms with van der Waals surface area (Å²) in [7, 11) is 0. The molecule has 0 heterocycles. The Bertz CT molecular complexity index is 27.7. The number of hydrogen-bond donors (Lipinski definition) is 1. The van der Waals surface area contributed by atoms with Crippen molar-refractivity contribution >= 4 is 0 Å². The van der Waals surface area contributed by atoms with E-state index in [4.69, 9.17) is 0 Å². The molecule has 0 amide bonds. The fourth-order valence-electron chi connectivity index (χ4n) is 0.553. The minimum Gasteiger partial charge on any atom is -0.870 e. The van der Waals surface area contributed by atoms with Crippen LogP contribution in [0.4, 0.5) is 0 Å². The average molecular weight is 119 g/mol. The summed E-state index contributed by atoms with van der Waals surface area (Å²) >= 11 is 0. The Morgan fingerprint density at radius 3 is 1.62 bits per heavy atom. The van der Waals surface area contributed by atoms with Crippen molar-refractivity contribution in [3.05, 3.63) is 0 Å². The zero-order valence-corrected chi connectivity index (χ0v) is 5.85. The molecular weight excluding hydrogens is 102 g/mol. The molecule has 0 rings (SSSR count). The molecule has 2 nitrogen and oxygen atoms in total. The van der Waals surface area contributed by atoms with E-state index in [1.54, 1.807) is 0 Å². The van der Waals surface area contributed by atoms with Gasteiger partial charge in [0.15, 0.2) is 0 Å². The molecule has 8 heavy (non-hydrogen) atoms. The summed E-state index contributed by atoms with van der Waals surface area (Å²) in [6.07, 6.45) is 2.61. The third-order valence-corrected chi connectivity index (χ3v) is 0.986. The van der Waals surface area contributed by atoms with Crippen molar-refractivity contribution in [3.8, 4) is 0 Å². The van der Waals surface area contributed by atoms with E-state index in [9.17, 15) is 0 Å². The summed E-state index contributed by atoms with van der Waals surface area (Å²) in [6.45, 7) is 7.03. The van der Waals surface area contributed by atoms with Crippen molar-refractivity contribution in [2.75, 3.05) is 13.1 Å². The van der Waals surface area contributed by atoms with Crippen LogP contribution in [0.25, 0.3) is 0 Å².